The van der Waals surface area contributed by atoms with Crippen LogP contribution < -0.4 is 16.0 Å². The molecule has 3 N–H and O–H groups in total. The van der Waals surface area contributed by atoms with E-state index in [1.807, 2.05) is 12.1 Å². The minimum Gasteiger partial charge on any atom is -0.489 e. The molecule has 0 spiro atoms. The number of ether oxygens (including phenoxy) is 1. The Morgan fingerprint density at radius 3 is 2.79 bits per heavy atom. The minimum atomic E-state index is -0.136. The molecule has 0 radical (unpaired) electrons. The van der Waals surface area contributed by atoms with Crippen molar-refractivity contribution in [2.75, 3.05) is 0 Å². The summed E-state index contributed by atoms with van der Waals surface area (Å²) >= 11 is 6.33. The quantitative estimate of drug-likeness (QED) is 0.868. The average molecular weight is 349 g/mol. The Kier molecular flexibility index (Phi) is 4.88. The zero-order valence-electron chi connectivity index (χ0n) is 14.3. The molecule has 5 heteroatoms. The third kappa shape index (κ3) is 3.31. The number of pyridine rings is 1. The molecule has 0 saturated heterocycles. The molecule has 1 aromatic heterocycles. The number of hydrogen-bond donors (Lipinski definition) is 2. The summed E-state index contributed by atoms with van der Waals surface area (Å²) in [6.07, 6.45) is 6.89. The van der Waals surface area contributed by atoms with Gasteiger partial charge in [-0.2, -0.15) is 0 Å². The maximum Gasteiger partial charge on any atom is 0.255 e. The number of hydrogen-bond acceptors (Lipinski definition) is 3. The van der Waals surface area contributed by atoms with Gasteiger partial charge in [0, 0.05) is 17.6 Å². The highest BCUT2D eigenvalue weighted by Gasteiger charge is 2.36. The zero-order chi connectivity index (χ0) is 17.3. The number of nitrogens with one attached hydrogen (secondary N) is 1. The van der Waals surface area contributed by atoms with E-state index in [4.69, 9.17) is 22.1 Å². The third-order valence-electron chi connectivity index (χ3n) is 5.53. The number of aromatic amines is 1. The highest BCUT2D eigenvalue weighted by Crippen LogP contribution is 2.41. The van der Waals surface area contributed by atoms with Crippen LogP contribution >= 0.6 is 11.6 Å². The second-order valence-corrected chi connectivity index (χ2v) is 7.57. The molecule has 1 aromatic carbocycles. The number of fused-ring (bicyclic) bond motifs is 1. The van der Waals surface area contributed by atoms with E-state index in [1.165, 1.54) is 0 Å². The third-order valence-corrected chi connectivity index (χ3v) is 5.82. The van der Waals surface area contributed by atoms with Crippen LogP contribution in [0, 0.1) is 5.41 Å². The molecule has 0 aliphatic heterocycles. The fourth-order valence-corrected chi connectivity index (χ4v) is 3.90. The number of aromatic nitrogens is 1. The zero-order valence-corrected chi connectivity index (χ0v) is 15.0. The molecule has 0 amide bonds. The Labute approximate surface area is 147 Å². The Hall–Kier alpha value is -1.52. The first-order chi connectivity index (χ1) is 11.4. The maximum atomic E-state index is 11.8. The molecule has 3 rings (SSSR count). The molecule has 130 valence electrons. The number of nitrogens with two attached hydrogens (primary N) is 1. The van der Waals surface area contributed by atoms with Gasteiger partial charge in [0.1, 0.15) is 5.75 Å². The molecule has 1 aliphatic carbocycles. The predicted molar refractivity (Wildman–Crippen MR) is 98.8 cm³/mol. The van der Waals surface area contributed by atoms with E-state index in [2.05, 4.69) is 18.8 Å². The van der Waals surface area contributed by atoms with Gasteiger partial charge in [-0.25, -0.2) is 0 Å². The van der Waals surface area contributed by atoms with Gasteiger partial charge in [-0.1, -0.05) is 25.4 Å². The van der Waals surface area contributed by atoms with Gasteiger partial charge in [-0.15, -0.1) is 0 Å². The summed E-state index contributed by atoms with van der Waals surface area (Å²) in [5.74, 6) is 0.656. The molecule has 1 saturated carbocycles. The topological polar surface area (TPSA) is 68.1 Å². The molecule has 2 aromatic rings. The summed E-state index contributed by atoms with van der Waals surface area (Å²) in [4.78, 5) is 14.5. The van der Waals surface area contributed by atoms with Crippen molar-refractivity contribution in [2.45, 2.75) is 58.1 Å². The van der Waals surface area contributed by atoms with Crippen molar-refractivity contribution in [3.63, 3.8) is 0 Å². The van der Waals surface area contributed by atoms with Crippen molar-refractivity contribution in [3.8, 4) is 5.75 Å². The largest absolute Gasteiger partial charge is 0.489 e. The molecule has 1 atom stereocenters. The monoisotopic (exact) mass is 348 g/mol. The van der Waals surface area contributed by atoms with Gasteiger partial charge >= 0.3 is 0 Å². The van der Waals surface area contributed by atoms with Crippen molar-refractivity contribution < 1.29 is 4.74 Å². The van der Waals surface area contributed by atoms with Crippen LogP contribution in [0.15, 0.2) is 29.2 Å². The van der Waals surface area contributed by atoms with Crippen molar-refractivity contribution in [1.29, 1.82) is 0 Å². The van der Waals surface area contributed by atoms with Gasteiger partial charge in [-0.3, -0.25) is 4.79 Å². The first-order valence-electron chi connectivity index (χ1n) is 8.66. The molecule has 4 nitrogen and oxygen atoms in total. The molecule has 1 heterocycles. The fraction of sp³-hybridized carbons (Fsp3) is 0.526. The first-order valence-corrected chi connectivity index (χ1v) is 9.04. The highest BCUT2D eigenvalue weighted by atomic mass is 35.5. The molecule has 0 unspecified atom stereocenters. The van der Waals surface area contributed by atoms with Crippen molar-refractivity contribution >= 4 is 22.4 Å². The molecular formula is C19H25ClN2O2. The summed E-state index contributed by atoms with van der Waals surface area (Å²) in [6, 6.07) is 5.65. The Bertz CT molecular complexity index is 779. The van der Waals surface area contributed by atoms with Crippen LogP contribution in [-0.2, 0) is 0 Å². The van der Waals surface area contributed by atoms with E-state index < -0.39 is 0 Å². The lowest BCUT2D eigenvalue weighted by Crippen LogP contribution is -2.43. The Balaban J connectivity index is 1.75. The number of rotatable bonds is 4. The summed E-state index contributed by atoms with van der Waals surface area (Å²) in [5.41, 5.74) is 6.35. The smallest absolute Gasteiger partial charge is 0.255 e. The SMILES string of the molecule is CC[C@@H](N)[C@]1(C)CC[C@H](Oc2cc3cc[nH]c(=O)c3cc2Cl)CC1. The molecule has 24 heavy (non-hydrogen) atoms. The van der Waals surface area contributed by atoms with E-state index in [-0.39, 0.29) is 23.1 Å². The second-order valence-electron chi connectivity index (χ2n) is 7.16. The number of benzene rings is 1. The van der Waals surface area contributed by atoms with Crippen LogP contribution in [0.4, 0.5) is 0 Å². The molecule has 1 aliphatic rings. The molecular weight excluding hydrogens is 324 g/mol. The lowest BCUT2D eigenvalue weighted by atomic mass is 9.69. The summed E-state index contributed by atoms with van der Waals surface area (Å²) in [7, 11) is 0. The van der Waals surface area contributed by atoms with Crippen LogP contribution in [0.25, 0.3) is 10.8 Å². The van der Waals surface area contributed by atoms with Crippen LogP contribution in [0.3, 0.4) is 0 Å². The van der Waals surface area contributed by atoms with E-state index >= 15 is 0 Å². The van der Waals surface area contributed by atoms with Crippen LogP contribution in [0.5, 0.6) is 5.75 Å². The first kappa shape index (κ1) is 17.3. The normalized spacial score (nSPS) is 25.6. The summed E-state index contributed by atoms with van der Waals surface area (Å²) in [5, 5.41) is 1.91. The van der Waals surface area contributed by atoms with E-state index in [9.17, 15) is 4.79 Å². The standard InChI is InChI=1S/C19H25ClN2O2/c1-3-17(21)19(2)7-4-13(5-8-19)24-16-10-12-6-9-22-18(23)14(12)11-15(16)20/h6,9-11,13,17H,3-5,7-8,21H2,1-2H3,(H,22,23)/t13-,17-,19+/m1/s1. The van der Waals surface area contributed by atoms with Gasteiger partial charge in [0.05, 0.1) is 11.1 Å². The van der Waals surface area contributed by atoms with Crippen molar-refractivity contribution in [1.82, 2.24) is 4.98 Å². The molecule has 1 fully saturated rings. The summed E-state index contributed by atoms with van der Waals surface area (Å²) < 4.78 is 6.16. The van der Waals surface area contributed by atoms with E-state index in [1.54, 1.807) is 12.3 Å². The lowest BCUT2D eigenvalue weighted by molar-refractivity contribution is 0.0721. The molecule has 0 bridgehead atoms. The fourth-order valence-electron chi connectivity index (χ4n) is 3.69. The lowest BCUT2D eigenvalue weighted by Gasteiger charge is -2.41. The summed E-state index contributed by atoms with van der Waals surface area (Å²) in [6.45, 7) is 4.43. The van der Waals surface area contributed by atoms with Gasteiger partial charge in [0.15, 0.2) is 0 Å². The van der Waals surface area contributed by atoms with Gasteiger partial charge in [0.2, 0.25) is 0 Å². The van der Waals surface area contributed by atoms with E-state index in [0.29, 0.717) is 16.2 Å². The average Bonchev–Trinajstić information content (AvgIpc) is 2.58. The number of H-pyrrole nitrogens is 1. The Morgan fingerprint density at radius 2 is 2.12 bits per heavy atom. The van der Waals surface area contributed by atoms with Gasteiger partial charge < -0.3 is 15.5 Å². The van der Waals surface area contributed by atoms with Crippen LogP contribution in [0.2, 0.25) is 5.02 Å². The van der Waals surface area contributed by atoms with Crippen LogP contribution in [0.1, 0.15) is 46.0 Å². The maximum absolute atomic E-state index is 11.8. The van der Waals surface area contributed by atoms with Gasteiger partial charge in [0.25, 0.3) is 5.56 Å². The number of halogens is 1. The Morgan fingerprint density at radius 1 is 1.42 bits per heavy atom. The predicted octanol–water partition coefficient (Wildman–Crippen LogP) is 4.25. The minimum absolute atomic E-state index is 0.136. The van der Waals surface area contributed by atoms with Crippen molar-refractivity contribution in [2.24, 2.45) is 11.1 Å². The van der Waals surface area contributed by atoms with Crippen LogP contribution in [-0.4, -0.2) is 17.1 Å². The van der Waals surface area contributed by atoms with Gasteiger partial charge in [-0.05, 0) is 61.1 Å². The van der Waals surface area contributed by atoms with Crippen molar-refractivity contribution in [3.05, 3.63) is 39.8 Å². The second kappa shape index (κ2) is 6.77. The van der Waals surface area contributed by atoms with E-state index in [0.717, 1.165) is 37.5 Å². The highest BCUT2D eigenvalue weighted by molar-refractivity contribution is 6.32.